The summed E-state index contributed by atoms with van der Waals surface area (Å²) in [5.74, 6) is 1.03. The fraction of sp³-hybridized carbons (Fsp3) is 0.688. The Morgan fingerprint density at radius 1 is 1.50 bits per heavy atom. The van der Waals surface area contributed by atoms with Crippen LogP contribution in [-0.4, -0.2) is 34.8 Å². The van der Waals surface area contributed by atoms with E-state index in [-0.39, 0.29) is 0 Å². The summed E-state index contributed by atoms with van der Waals surface area (Å²) >= 11 is 0. The Morgan fingerprint density at radius 2 is 2.30 bits per heavy atom. The highest BCUT2D eigenvalue weighted by molar-refractivity contribution is 5.48. The maximum atomic E-state index is 10.2. The first-order chi connectivity index (χ1) is 9.53. The van der Waals surface area contributed by atoms with Crippen LogP contribution in [0, 0.1) is 6.92 Å². The third-order valence-corrected chi connectivity index (χ3v) is 4.25. The molecule has 1 unspecified atom stereocenters. The summed E-state index contributed by atoms with van der Waals surface area (Å²) in [6.45, 7) is 6.62. The molecular weight excluding hydrogens is 250 g/mol. The number of pyridine rings is 1. The summed E-state index contributed by atoms with van der Waals surface area (Å²) in [5, 5.41) is 13.7. The molecule has 2 heterocycles. The van der Waals surface area contributed by atoms with Gasteiger partial charge in [0.1, 0.15) is 5.82 Å². The van der Waals surface area contributed by atoms with Crippen LogP contribution in [-0.2, 0) is 6.54 Å². The number of hydrogen-bond donors (Lipinski definition) is 2. The summed E-state index contributed by atoms with van der Waals surface area (Å²) in [6, 6.07) is 2.95. The van der Waals surface area contributed by atoms with Gasteiger partial charge >= 0.3 is 0 Å². The van der Waals surface area contributed by atoms with Crippen molar-refractivity contribution in [2.75, 3.05) is 18.0 Å². The van der Waals surface area contributed by atoms with Gasteiger partial charge in [0, 0.05) is 31.9 Å². The van der Waals surface area contributed by atoms with Crippen molar-refractivity contribution in [2.45, 2.75) is 57.7 Å². The molecule has 1 aromatic heterocycles. The van der Waals surface area contributed by atoms with Crippen LogP contribution in [0.4, 0.5) is 5.82 Å². The van der Waals surface area contributed by atoms with Gasteiger partial charge in [-0.25, -0.2) is 4.98 Å². The number of β-amino-alcohol motifs (C(OH)–C–C–N with tert-alkyl or cyclic N) is 1. The van der Waals surface area contributed by atoms with Gasteiger partial charge in [0.05, 0.1) is 5.60 Å². The minimum absolute atomic E-state index is 0.585. The number of rotatable bonds is 4. The van der Waals surface area contributed by atoms with Gasteiger partial charge in [0.25, 0.3) is 0 Å². The van der Waals surface area contributed by atoms with E-state index in [1.54, 1.807) is 0 Å². The Hall–Kier alpha value is -1.13. The molecule has 4 nitrogen and oxygen atoms in total. The zero-order chi connectivity index (χ0) is 14.2. The second-order valence-electron chi connectivity index (χ2n) is 6.66. The highest BCUT2D eigenvalue weighted by Gasteiger charge is 2.29. The standard InChI is InChI=1S/C16H25N3O/c1-12-8-13(9-17-14-4-5-14)10-18-15(12)19-7-3-6-16(2,20)11-19/h8,10,14,17,20H,3-7,9,11H2,1-2H3. The molecule has 20 heavy (non-hydrogen) atoms. The first-order valence-corrected chi connectivity index (χ1v) is 7.70. The van der Waals surface area contributed by atoms with Crippen LogP contribution in [0.5, 0.6) is 0 Å². The van der Waals surface area contributed by atoms with E-state index < -0.39 is 5.60 Å². The molecule has 1 saturated heterocycles. The number of nitrogens with one attached hydrogen (secondary N) is 1. The molecule has 0 bridgehead atoms. The van der Waals surface area contributed by atoms with Gasteiger partial charge < -0.3 is 15.3 Å². The molecule has 1 atom stereocenters. The van der Waals surface area contributed by atoms with Crippen molar-refractivity contribution >= 4 is 5.82 Å². The lowest BCUT2D eigenvalue weighted by Crippen LogP contribution is -2.46. The van der Waals surface area contributed by atoms with E-state index in [2.05, 4.69) is 28.2 Å². The zero-order valence-electron chi connectivity index (χ0n) is 12.5. The molecule has 0 spiro atoms. The Morgan fingerprint density at radius 3 is 2.95 bits per heavy atom. The molecule has 2 aliphatic rings. The van der Waals surface area contributed by atoms with Crippen LogP contribution in [0.15, 0.2) is 12.3 Å². The highest BCUT2D eigenvalue weighted by Crippen LogP contribution is 2.27. The van der Waals surface area contributed by atoms with Crippen LogP contribution in [0.2, 0.25) is 0 Å². The van der Waals surface area contributed by atoms with Crippen LogP contribution >= 0.6 is 0 Å². The summed E-state index contributed by atoms with van der Waals surface area (Å²) in [4.78, 5) is 6.86. The van der Waals surface area contributed by atoms with Crippen molar-refractivity contribution in [1.82, 2.24) is 10.3 Å². The van der Waals surface area contributed by atoms with Crippen molar-refractivity contribution < 1.29 is 5.11 Å². The minimum Gasteiger partial charge on any atom is -0.388 e. The molecule has 3 rings (SSSR count). The Kier molecular flexibility index (Phi) is 3.69. The van der Waals surface area contributed by atoms with Gasteiger partial charge in [0.15, 0.2) is 0 Å². The molecule has 1 aliphatic carbocycles. The van der Waals surface area contributed by atoms with Crippen molar-refractivity contribution in [3.63, 3.8) is 0 Å². The van der Waals surface area contributed by atoms with Gasteiger partial charge in [-0.15, -0.1) is 0 Å². The molecule has 2 fully saturated rings. The first-order valence-electron chi connectivity index (χ1n) is 7.70. The number of aromatic nitrogens is 1. The number of anilines is 1. The zero-order valence-corrected chi connectivity index (χ0v) is 12.5. The molecular formula is C16H25N3O. The minimum atomic E-state index is -0.585. The molecule has 0 amide bonds. The fourth-order valence-electron chi connectivity index (χ4n) is 3.00. The lowest BCUT2D eigenvalue weighted by molar-refractivity contribution is 0.0447. The number of hydrogen-bond acceptors (Lipinski definition) is 4. The second-order valence-corrected chi connectivity index (χ2v) is 6.66. The Labute approximate surface area is 121 Å². The number of piperidine rings is 1. The maximum Gasteiger partial charge on any atom is 0.131 e. The van der Waals surface area contributed by atoms with Gasteiger partial charge in [-0.1, -0.05) is 0 Å². The van der Waals surface area contributed by atoms with E-state index in [4.69, 9.17) is 0 Å². The molecule has 4 heteroatoms. The van der Waals surface area contributed by atoms with E-state index in [1.165, 1.54) is 24.0 Å². The van der Waals surface area contributed by atoms with Crippen molar-refractivity contribution in [3.05, 3.63) is 23.4 Å². The van der Waals surface area contributed by atoms with E-state index in [1.807, 2.05) is 13.1 Å². The van der Waals surface area contributed by atoms with E-state index in [0.29, 0.717) is 6.54 Å². The summed E-state index contributed by atoms with van der Waals surface area (Å²) in [7, 11) is 0. The largest absolute Gasteiger partial charge is 0.388 e. The van der Waals surface area contributed by atoms with E-state index in [0.717, 1.165) is 37.8 Å². The maximum absolute atomic E-state index is 10.2. The summed E-state index contributed by atoms with van der Waals surface area (Å²) < 4.78 is 0. The molecule has 2 N–H and O–H groups in total. The average Bonchev–Trinajstić information content (AvgIpc) is 3.19. The SMILES string of the molecule is Cc1cc(CNC2CC2)cnc1N1CCCC(C)(O)C1. The Balaban J connectivity index is 1.69. The quantitative estimate of drug-likeness (QED) is 0.882. The monoisotopic (exact) mass is 275 g/mol. The summed E-state index contributed by atoms with van der Waals surface area (Å²) in [6.07, 6.45) is 6.51. The lowest BCUT2D eigenvalue weighted by Gasteiger charge is -2.38. The molecule has 1 aromatic rings. The van der Waals surface area contributed by atoms with Crippen molar-refractivity contribution in [1.29, 1.82) is 0 Å². The Bertz CT molecular complexity index is 483. The van der Waals surface area contributed by atoms with Crippen LogP contribution in [0.3, 0.4) is 0 Å². The highest BCUT2D eigenvalue weighted by atomic mass is 16.3. The molecule has 1 saturated carbocycles. The van der Waals surface area contributed by atoms with Crippen LogP contribution < -0.4 is 10.2 Å². The molecule has 110 valence electrons. The van der Waals surface area contributed by atoms with Gasteiger partial charge in [0.2, 0.25) is 0 Å². The smallest absolute Gasteiger partial charge is 0.131 e. The topological polar surface area (TPSA) is 48.4 Å². The van der Waals surface area contributed by atoms with Crippen LogP contribution in [0.25, 0.3) is 0 Å². The predicted octanol–water partition coefficient (Wildman–Crippen LogP) is 1.99. The van der Waals surface area contributed by atoms with E-state index >= 15 is 0 Å². The van der Waals surface area contributed by atoms with Gasteiger partial charge in [-0.2, -0.15) is 0 Å². The van der Waals surface area contributed by atoms with Gasteiger partial charge in [-0.05, 0) is 56.7 Å². The molecule has 1 aliphatic heterocycles. The lowest BCUT2D eigenvalue weighted by atomic mass is 9.95. The fourth-order valence-corrected chi connectivity index (χ4v) is 3.00. The summed E-state index contributed by atoms with van der Waals surface area (Å²) in [5.41, 5.74) is 1.87. The number of nitrogens with zero attached hydrogens (tertiary/aromatic N) is 2. The molecule has 0 radical (unpaired) electrons. The number of aryl methyl sites for hydroxylation is 1. The van der Waals surface area contributed by atoms with Crippen LogP contribution in [0.1, 0.15) is 43.7 Å². The second kappa shape index (κ2) is 5.34. The predicted molar refractivity (Wildman–Crippen MR) is 80.9 cm³/mol. The third-order valence-electron chi connectivity index (χ3n) is 4.25. The van der Waals surface area contributed by atoms with E-state index in [9.17, 15) is 5.11 Å². The van der Waals surface area contributed by atoms with Crippen molar-refractivity contribution in [3.8, 4) is 0 Å². The first kappa shape index (κ1) is 13.8. The van der Waals surface area contributed by atoms with Gasteiger partial charge in [-0.3, -0.25) is 0 Å². The average molecular weight is 275 g/mol. The third kappa shape index (κ3) is 3.30. The van der Waals surface area contributed by atoms with Crippen molar-refractivity contribution in [2.24, 2.45) is 0 Å². The normalized spacial score (nSPS) is 26.9. The number of aliphatic hydroxyl groups is 1. The molecule has 0 aromatic carbocycles.